The van der Waals surface area contributed by atoms with Crippen molar-refractivity contribution in [2.45, 2.75) is 43.9 Å². The summed E-state index contributed by atoms with van der Waals surface area (Å²) < 4.78 is 0. The first-order valence-corrected chi connectivity index (χ1v) is 10.1. The number of H-pyrrole nitrogens is 3. The van der Waals surface area contributed by atoms with E-state index in [4.69, 9.17) is 10.2 Å². The van der Waals surface area contributed by atoms with E-state index in [0.717, 1.165) is 30.7 Å². The Morgan fingerprint density at radius 3 is 2.78 bits per heavy atom. The van der Waals surface area contributed by atoms with Crippen molar-refractivity contribution in [3.05, 3.63) is 58.5 Å². The van der Waals surface area contributed by atoms with Gasteiger partial charge in [0.2, 0.25) is 0 Å². The van der Waals surface area contributed by atoms with Gasteiger partial charge in [0.1, 0.15) is 11.4 Å². The van der Waals surface area contributed by atoms with Crippen molar-refractivity contribution in [3.63, 3.8) is 0 Å². The molecular formula is C22H21N5. The van der Waals surface area contributed by atoms with Crippen LogP contribution >= 0.6 is 0 Å². The van der Waals surface area contributed by atoms with Crippen LogP contribution in [0.5, 0.6) is 0 Å². The van der Waals surface area contributed by atoms with Crippen LogP contribution in [0.15, 0.2) is 30.3 Å². The molecule has 0 saturated heterocycles. The molecule has 4 aromatic rings. The first-order chi connectivity index (χ1) is 13.3. The molecule has 3 aliphatic carbocycles. The van der Waals surface area contributed by atoms with E-state index < -0.39 is 0 Å². The zero-order valence-electron chi connectivity index (χ0n) is 15.1. The third-order valence-electron chi connectivity index (χ3n) is 7.13. The van der Waals surface area contributed by atoms with Crippen LogP contribution < -0.4 is 0 Å². The van der Waals surface area contributed by atoms with E-state index >= 15 is 0 Å². The lowest BCUT2D eigenvalue weighted by Crippen LogP contribution is -2.11. The molecule has 5 nitrogen and oxygen atoms in total. The summed E-state index contributed by atoms with van der Waals surface area (Å²) in [5.74, 6) is 0.684. The van der Waals surface area contributed by atoms with Gasteiger partial charge in [-0.3, -0.25) is 10.2 Å². The molecule has 5 heteroatoms. The largest absolute Gasteiger partial charge is 0.358 e. The van der Waals surface area contributed by atoms with Crippen molar-refractivity contribution >= 4 is 10.9 Å². The summed E-state index contributed by atoms with van der Waals surface area (Å²) in [6.07, 6.45) is 7.06. The molecule has 3 aliphatic rings. The van der Waals surface area contributed by atoms with Gasteiger partial charge in [0.25, 0.3) is 0 Å². The van der Waals surface area contributed by atoms with Crippen LogP contribution in [-0.2, 0) is 24.7 Å². The van der Waals surface area contributed by atoms with Crippen LogP contribution in [0.2, 0.25) is 0 Å². The molecule has 0 aliphatic heterocycles. The third-order valence-corrected chi connectivity index (χ3v) is 7.13. The fraction of sp³-hybridized carbons (Fsp3) is 0.364. The second-order valence-corrected chi connectivity index (χ2v) is 8.51. The predicted molar refractivity (Wildman–Crippen MR) is 104 cm³/mol. The Labute approximate surface area is 156 Å². The Morgan fingerprint density at radius 2 is 1.81 bits per heavy atom. The van der Waals surface area contributed by atoms with Gasteiger partial charge in [-0.05, 0) is 62.0 Å². The van der Waals surface area contributed by atoms with Gasteiger partial charge in [0.15, 0.2) is 0 Å². The molecule has 27 heavy (non-hydrogen) atoms. The number of para-hydroxylation sites is 1. The van der Waals surface area contributed by atoms with Gasteiger partial charge in [-0.15, -0.1) is 0 Å². The molecule has 2 atom stereocenters. The Balaban J connectivity index is 1.43. The standard InChI is InChI=1S/C22H21N5/c1-3-7-15-12(5-1)9-18(23-15)22-11-13(22)10-17-19(22)21(27-25-17)20-14-6-2-4-8-16(14)24-26-20/h1,3,5,7,9,13,23H,2,4,6,8,10-11H2,(H,24,26)(H,25,27). The van der Waals surface area contributed by atoms with Crippen LogP contribution in [0.3, 0.4) is 0 Å². The molecular weight excluding hydrogens is 334 g/mol. The van der Waals surface area contributed by atoms with Gasteiger partial charge in [0.05, 0.1) is 0 Å². The molecule has 1 aromatic carbocycles. The molecule has 3 aromatic heterocycles. The van der Waals surface area contributed by atoms with Gasteiger partial charge in [0, 0.05) is 39.1 Å². The highest BCUT2D eigenvalue weighted by Crippen LogP contribution is 2.66. The monoisotopic (exact) mass is 355 g/mol. The number of aromatic amines is 3. The van der Waals surface area contributed by atoms with Crippen molar-refractivity contribution in [1.29, 1.82) is 0 Å². The predicted octanol–water partition coefficient (Wildman–Crippen LogP) is 4.02. The normalized spacial score (nSPS) is 25.4. The number of nitrogens with zero attached hydrogens (tertiary/aromatic N) is 2. The number of fused-ring (bicyclic) bond motifs is 5. The third kappa shape index (κ3) is 1.70. The van der Waals surface area contributed by atoms with E-state index in [1.165, 1.54) is 58.4 Å². The van der Waals surface area contributed by atoms with Crippen molar-refractivity contribution in [2.75, 3.05) is 0 Å². The topological polar surface area (TPSA) is 73.2 Å². The number of nitrogens with one attached hydrogen (secondary N) is 3. The molecule has 3 heterocycles. The molecule has 0 amide bonds. The molecule has 134 valence electrons. The van der Waals surface area contributed by atoms with E-state index in [-0.39, 0.29) is 5.41 Å². The minimum atomic E-state index is 0.0944. The minimum absolute atomic E-state index is 0.0944. The van der Waals surface area contributed by atoms with Gasteiger partial charge in [-0.1, -0.05) is 18.2 Å². The number of rotatable bonds is 2. The quantitative estimate of drug-likeness (QED) is 0.508. The summed E-state index contributed by atoms with van der Waals surface area (Å²) in [7, 11) is 0. The molecule has 0 bridgehead atoms. The van der Waals surface area contributed by atoms with Crippen molar-refractivity contribution in [1.82, 2.24) is 25.4 Å². The van der Waals surface area contributed by atoms with Crippen LogP contribution in [0.1, 0.15) is 47.5 Å². The maximum absolute atomic E-state index is 4.77. The molecule has 3 N–H and O–H groups in total. The maximum Gasteiger partial charge on any atom is 0.117 e. The number of aromatic nitrogens is 5. The number of aryl methyl sites for hydroxylation is 1. The summed E-state index contributed by atoms with van der Waals surface area (Å²) in [6.45, 7) is 0. The molecule has 1 fully saturated rings. The summed E-state index contributed by atoms with van der Waals surface area (Å²) in [6, 6.07) is 10.9. The average Bonchev–Trinajstić information content (AvgIpc) is 3.17. The first kappa shape index (κ1) is 14.3. The highest BCUT2D eigenvalue weighted by Gasteiger charge is 2.64. The van der Waals surface area contributed by atoms with Crippen LogP contribution in [0.25, 0.3) is 22.3 Å². The van der Waals surface area contributed by atoms with Gasteiger partial charge >= 0.3 is 0 Å². The van der Waals surface area contributed by atoms with Crippen LogP contribution in [0.4, 0.5) is 0 Å². The van der Waals surface area contributed by atoms with Crippen LogP contribution in [0, 0.1) is 5.92 Å². The second kappa shape index (κ2) is 4.71. The smallest absolute Gasteiger partial charge is 0.117 e. The van der Waals surface area contributed by atoms with E-state index in [1.807, 2.05) is 0 Å². The number of benzene rings is 1. The van der Waals surface area contributed by atoms with E-state index in [0.29, 0.717) is 5.92 Å². The Morgan fingerprint density at radius 1 is 0.963 bits per heavy atom. The summed E-state index contributed by atoms with van der Waals surface area (Å²) in [4.78, 5) is 3.72. The van der Waals surface area contributed by atoms with E-state index in [9.17, 15) is 0 Å². The van der Waals surface area contributed by atoms with E-state index in [2.05, 4.69) is 45.5 Å². The minimum Gasteiger partial charge on any atom is -0.358 e. The molecule has 2 unspecified atom stereocenters. The number of hydrogen-bond acceptors (Lipinski definition) is 2. The molecule has 0 radical (unpaired) electrons. The fourth-order valence-electron chi connectivity index (χ4n) is 5.76. The Kier molecular flexibility index (Phi) is 2.49. The lowest BCUT2D eigenvalue weighted by Gasteiger charge is -2.15. The highest BCUT2D eigenvalue weighted by atomic mass is 15.2. The summed E-state index contributed by atoms with van der Waals surface area (Å²) in [5.41, 5.74) is 10.3. The zero-order valence-corrected chi connectivity index (χ0v) is 15.1. The van der Waals surface area contributed by atoms with Crippen molar-refractivity contribution < 1.29 is 0 Å². The van der Waals surface area contributed by atoms with Crippen LogP contribution in [-0.4, -0.2) is 25.4 Å². The zero-order chi connectivity index (χ0) is 17.6. The second-order valence-electron chi connectivity index (χ2n) is 8.51. The van der Waals surface area contributed by atoms with Gasteiger partial charge < -0.3 is 4.98 Å². The summed E-state index contributed by atoms with van der Waals surface area (Å²) >= 11 is 0. The molecule has 1 saturated carbocycles. The highest BCUT2D eigenvalue weighted by molar-refractivity contribution is 5.82. The first-order valence-electron chi connectivity index (χ1n) is 10.1. The molecule has 0 spiro atoms. The lowest BCUT2D eigenvalue weighted by molar-refractivity contribution is 0.675. The maximum atomic E-state index is 4.77. The van der Waals surface area contributed by atoms with Crippen molar-refractivity contribution in [2.24, 2.45) is 5.92 Å². The van der Waals surface area contributed by atoms with E-state index in [1.54, 1.807) is 0 Å². The van der Waals surface area contributed by atoms with Crippen molar-refractivity contribution in [3.8, 4) is 11.4 Å². The Bertz CT molecular complexity index is 1180. The lowest BCUT2D eigenvalue weighted by atomic mass is 9.89. The van der Waals surface area contributed by atoms with Gasteiger partial charge in [-0.25, -0.2) is 0 Å². The SMILES string of the molecule is c1ccc2[nH]c(C34CC3Cc3[nH]nc(-c5n[nH]c6c5CCCC6)c34)cc2c1. The summed E-state index contributed by atoms with van der Waals surface area (Å²) in [5, 5.41) is 17.4. The molecule has 7 rings (SSSR count). The fourth-order valence-corrected chi connectivity index (χ4v) is 5.76. The van der Waals surface area contributed by atoms with Gasteiger partial charge in [-0.2, -0.15) is 10.2 Å². The number of hydrogen-bond donors (Lipinski definition) is 3. The average molecular weight is 355 g/mol. The Hall–Kier alpha value is -2.82.